The zero-order valence-electron chi connectivity index (χ0n) is 15.1. The Hall–Kier alpha value is -2.55. The SMILES string of the molecule is CCCc1cc(N2CC[C@H](N)C2)nc(Nc2ccc(N)c(C(F)(F)F)c2)n1. The van der Waals surface area contributed by atoms with Crippen LogP contribution in [-0.2, 0) is 12.6 Å². The van der Waals surface area contributed by atoms with Gasteiger partial charge in [-0.2, -0.15) is 18.2 Å². The Morgan fingerprint density at radius 2 is 2.04 bits per heavy atom. The largest absolute Gasteiger partial charge is 0.418 e. The molecular weight excluding hydrogens is 357 g/mol. The number of hydrogen-bond donors (Lipinski definition) is 3. The van der Waals surface area contributed by atoms with Crippen LogP contribution in [0.15, 0.2) is 24.3 Å². The molecule has 0 spiro atoms. The fourth-order valence-electron chi connectivity index (χ4n) is 3.09. The van der Waals surface area contributed by atoms with E-state index in [-0.39, 0.29) is 23.4 Å². The van der Waals surface area contributed by atoms with Crippen LogP contribution in [0.4, 0.5) is 36.3 Å². The molecule has 1 fully saturated rings. The Labute approximate surface area is 155 Å². The second-order valence-corrected chi connectivity index (χ2v) is 6.71. The van der Waals surface area contributed by atoms with E-state index in [1.165, 1.54) is 12.1 Å². The average molecular weight is 380 g/mol. The number of aromatic nitrogens is 2. The summed E-state index contributed by atoms with van der Waals surface area (Å²) < 4.78 is 39.2. The molecule has 1 saturated heterocycles. The number of halogens is 3. The molecule has 146 valence electrons. The van der Waals surface area contributed by atoms with Crippen LogP contribution in [0.1, 0.15) is 31.0 Å². The second-order valence-electron chi connectivity index (χ2n) is 6.71. The molecule has 5 N–H and O–H groups in total. The molecule has 0 amide bonds. The van der Waals surface area contributed by atoms with Gasteiger partial charge in [0, 0.05) is 42.3 Å². The summed E-state index contributed by atoms with van der Waals surface area (Å²) in [5.74, 6) is 0.990. The van der Waals surface area contributed by atoms with Crippen molar-refractivity contribution in [2.24, 2.45) is 5.73 Å². The van der Waals surface area contributed by atoms with Gasteiger partial charge in [-0.25, -0.2) is 4.98 Å². The summed E-state index contributed by atoms with van der Waals surface area (Å²) in [6, 6.07) is 5.68. The Morgan fingerprint density at radius 1 is 1.26 bits per heavy atom. The van der Waals surface area contributed by atoms with Crippen LogP contribution in [0.2, 0.25) is 0 Å². The molecule has 1 aliphatic heterocycles. The minimum Gasteiger partial charge on any atom is -0.398 e. The number of aryl methyl sites for hydroxylation is 1. The van der Waals surface area contributed by atoms with Gasteiger partial charge in [0.05, 0.1) is 5.56 Å². The van der Waals surface area contributed by atoms with Crippen LogP contribution < -0.4 is 21.7 Å². The third-order valence-electron chi connectivity index (χ3n) is 4.44. The van der Waals surface area contributed by atoms with Gasteiger partial charge in [-0.1, -0.05) is 13.3 Å². The molecule has 0 saturated carbocycles. The van der Waals surface area contributed by atoms with Gasteiger partial charge in [0.15, 0.2) is 0 Å². The van der Waals surface area contributed by atoms with Gasteiger partial charge in [-0.3, -0.25) is 0 Å². The minimum absolute atomic E-state index is 0.0949. The van der Waals surface area contributed by atoms with E-state index < -0.39 is 11.7 Å². The van der Waals surface area contributed by atoms with Gasteiger partial charge in [0.2, 0.25) is 5.95 Å². The van der Waals surface area contributed by atoms with E-state index in [4.69, 9.17) is 11.5 Å². The normalized spacial score (nSPS) is 17.4. The van der Waals surface area contributed by atoms with Gasteiger partial charge in [-0.15, -0.1) is 0 Å². The molecule has 2 heterocycles. The number of nitrogens with two attached hydrogens (primary N) is 2. The predicted octanol–water partition coefficient (Wildman–Crippen LogP) is 3.31. The van der Waals surface area contributed by atoms with E-state index in [0.717, 1.165) is 43.4 Å². The van der Waals surface area contributed by atoms with Crippen LogP contribution in [-0.4, -0.2) is 29.1 Å². The van der Waals surface area contributed by atoms with E-state index >= 15 is 0 Å². The Bertz CT molecular complexity index is 808. The minimum atomic E-state index is -4.52. The molecule has 27 heavy (non-hydrogen) atoms. The van der Waals surface area contributed by atoms with Crippen LogP contribution >= 0.6 is 0 Å². The molecule has 6 nitrogen and oxygen atoms in total. The van der Waals surface area contributed by atoms with Crippen molar-refractivity contribution in [3.63, 3.8) is 0 Å². The number of anilines is 4. The predicted molar refractivity (Wildman–Crippen MR) is 100.0 cm³/mol. The van der Waals surface area contributed by atoms with E-state index in [0.29, 0.717) is 6.54 Å². The Balaban J connectivity index is 1.91. The highest BCUT2D eigenvalue weighted by Gasteiger charge is 2.33. The average Bonchev–Trinajstić information content (AvgIpc) is 3.02. The third-order valence-corrected chi connectivity index (χ3v) is 4.44. The van der Waals surface area contributed by atoms with Crippen LogP contribution in [0, 0.1) is 0 Å². The maximum atomic E-state index is 13.1. The highest BCUT2D eigenvalue weighted by atomic mass is 19.4. The van der Waals surface area contributed by atoms with Crippen molar-refractivity contribution in [2.75, 3.05) is 29.0 Å². The quantitative estimate of drug-likeness (QED) is 0.689. The molecule has 1 atom stereocenters. The number of nitrogens with zero attached hydrogens (tertiary/aromatic N) is 3. The lowest BCUT2D eigenvalue weighted by Gasteiger charge is -2.19. The fraction of sp³-hybridized carbons (Fsp3) is 0.444. The number of alkyl halides is 3. The van der Waals surface area contributed by atoms with Gasteiger partial charge in [0.25, 0.3) is 0 Å². The monoisotopic (exact) mass is 380 g/mol. The molecule has 0 aliphatic carbocycles. The smallest absolute Gasteiger partial charge is 0.398 e. The third kappa shape index (κ3) is 4.60. The lowest BCUT2D eigenvalue weighted by atomic mass is 10.1. The number of nitrogens with one attached hydrogen (secondary N) is 1. The topological polar surface area (TPSA) is 93.1 Å². The lowest BCUT2D eigenvalue weighted by Crippen LogP contribution is -2.27. The van der Waals surface area contributed by atoms with Crippen molar-refractivity contribution in [3.05, 3.63) is 35.5 Å². The number of rotatable bonds is 5. The van der Waals surface area contributed by atoms with Crippen molar-refractivity contribution >= 4 is 23.1 Å². The molecule has 0 bridgehead atoms. The molecule has 9 heteroatoms. The summed E-state index contributed by atoms with van der Waals surface area (Å²) in [5, 5.41) is 2.88. The van der Waals surface area contributed by atoms with Crippen LogP contribution in [0.25, 0.3) is 0 Å². The molecule has 1 aromatic heterocycles. The van der Waals surface area contributed by atoms with E-state index in [1.807, 2.05) is 13.0 Å². The molecule has 1 aromatic carbocycles. The van der Waals surface area contributed by atoms with E-state index in [1.54, 1.807) is 0 Å². The first-order valence-corrected chi connectivity index (χ1v) is 8.88. The standard InChI is InChI=1S/C18H23F3N6/c1-2-3-12-9-16(27-7-6-11(22)10-27)26-17(24-12)25-13-4-5-15(23)14(8-13)18(19,20)21/h4-5,8-9,11H,2-3,6-7,10,22-23H2,1H3,(H,24,25,26)/t11-/m0/s1. The Morgan fingerprint density at radius 3 is 2.67 bits per heavy atom. The lowest BCUT2D eigenvalue weighted by molar-refractivity contribution is -0.136. The first kappa shape index (κ1) is 19.2. The number of nitrogen functional groups attached to an aromatic ring is 1. The maximum Gasteiger partial charge on any atom is 0.418 e. The molecule has 1 aliphatic rings. The second kappa shape index (κ2) is 7.59. The highest BCUT2D eigenvalue weighted by molar-refractivity contribution is 5.63. The molecule has 3 rings (SSSR count). The van der Waals surface area contributed by atoms with Crippen molar-refractivity contribution in [1.29, 1.82) is 0 Å². The van der Waals surface area contributed by atoms with Crippen molar-refractivity contribution in [3.8, 4) is 0 Å². The molecular formula is C18H23F3N6. The summed E-state index contributed by atoms with van der Waals surface area (Å²) in [6.45, 7) is 3.53. The first-order chi connectivity index (χ1) is 12.8. The summed E-state index contributed by atoms with van der Waals surface area (Å²) >= 11 is 0. The highest BCUT2D eigenvalue weighted by Crippen LogP contribution is 2.35. The molecule has 0 radical (unpaired) electrons. The number of hydrogen-bond acceptors (Lipinski definition) is 6. The zero-order valence-corrected chi connectivity index (χ0v) is 15.1. The van der Waals surface area contributed by atoms with E-state index in [2.05, 4.69) is 20.2 Å². The summed E-state index contributed by atoms with van der Waals surface area (Å²) in [7, 11) is 0. The van der Waals surface area contributed by atoms with Crippen LogP contribution in [0.3, 0.4) is 0 Å². The van der Waals surface area contributed by atoms with Crippen molar-refractivity contribution in [2.45, 2.75) is 38.4 Å². The molecule has 2 aromatic rings. The number of benzene rings is 1. The van der Waals surface area contributed by atoms with Crippen molar-refractivity contribution in [1.82, 2.24) is 9.97 Å². The zero-order chi connectivity index (χ0) is 19.6. The molecule has 0 unspecified atom stereocenters. The van der Waals surface area contributed by atoms with E-state index in [9.17, 15) is 13.2 Å². The summed E-state index contributed by atoms with van der Waals surface area (Å²) in [5.41, 5.74) is 11.3. The van der Waals surface area contributed by atoms with Crippen molar-refractivity contribution < 1.29 is 13.2 Å². The first-order valence-electron chi connectivity index (χ1n) is 8.88. The summed E-state index contributed by atoms with van der Waals surface area (Å²) in [4.78, 5) is 11.0. The maximum absolute atomic E-state index is 13.1. The Kier molecular flexibility index (Phi) is 5.41. The van der Waals surface area contributed by atoms with Gasteiger partial charge >= 0.3 is 6.18 Å². The van der Waals surface area contributed by atoms with Gasteiger partial charge in [-0.05, 0) is 31.0 Å². The van der Waals surface area contributed by atoms with Gasteiger partial charge < -0.3 is 21.7 Å². The summed E-state index contributed by atoms with van der Waals surface area (Å²) in [6.07, 6.45) is -2.00. The van der Waals surface area contributed by atoms with Crippen LogP contribution in [0.5, 0.6) is 0 Å². The fourth-order valence-corrected chi connectivity index (χ4v) is 3.09. The van der Waals surface area contributed by atoms with Gasteiger partial charge in [0.1, 0.15) is 5.82 Å².